The van der Waals surface area contributed by atoms with Gasteiger partial charge in [0.05, 0.1) is 5.39 Å². The fourth-order valence-corrected chi connectivity index (χ4v) is 2.93. The molecule has 9 heteroatoms. The highest BCUT2D eigenvalue weighted by molar-refractivity contribution is 5.89. The van der Waals surface area contributed by atoms with Gasteiger partial charge in [-0.3, -0.25) is 0 Å². The number of halogens is 2. The smallest absolute Gasteiger partial charge is 0.395 e. The Morgan fingerprint density at radius 2 is 1.96 bits per heavy atom. The molecule has 0 saturated heterocycles. The summed E-state index contributed by atoms with van der Waals surface area (Å²) >= 11 is 0. The number of fused-ring (bicyclic) bond motifs is 2. The number of ether oxygens (including phenoxy) is 2. The van der Waals surface area contributed by atoms with Gasteiger partial charge in [-0.1, -0.05) is 12.1 Å². The lowest BCUT2D eigenvalue weighted by atomic mass is 10.1. The normalized spacial score (nSPS) is 14.6. The van der Waals surface area contributed by atoms with Gasteiger partial charge in [-0.25, -0.2) is 4.98 Å². The lowest BCUT2D eigenvalue weighted by Gasteiger charge is -2.11. The van der Waals surface area contributed by atoms with Gasteiger partial charge in [-0.15, -0.1) is 8.78 Å². The van der Waals surface area contributed by atoms with Crippen LogP contribution in [0.15, 0.2) is 24.3 Å². The first kappa shape index (κ1) is 16.2. The van der Waals surface area contributed by atoms with Crippen LogP contribution < -0.4 is 20.5 Å². The van der Waals surface area contributed by atoms with Crippen LogP contribution in [0.5, 0.6) is 11.5 Å². The molecule has 0 fully saturated rings. The van der Waals surface area contributed by atoms with Crippen molar-refractivity contribution in [2.45, 2.75) is 26.7 Å². The summed E-state index contributed by atoms with van der Waals surface area (Å²) in [6, 6.07) is 6.57. The first-order chi connectivity index (χ1) is 12.3. The van der Waals surface area contributed by atoms with Crippen molar-refractivity contribution < 1.29 is 18.3 Å². The number of anilines is 2. The number of aryl methyl sites for hydroxylation is 2. The van der Waals surface area contributed by atoms with E-state index >= 15 is 0 Å². The number of nitrogens with zero attached hydrogens (tertiary/aromatic N) is 3. The van der Waals surface area contributed by atoms with Crippen LogP contribution in [0.4, 0.5) is 20.5 Å². The minimum atomic E-state index is -3.67. The second kappa shape index (κ2) is 5.65. The summed E-state index contributed by atoms with van der Waals surface area (Å²) in [4.78, 5) is 13.0. The highest BCUT2D eigenvalue weighted by atomic mass is 19.3. The molecule has 1 aliphatic rings. The highest BCUT2D eigenvalue weighted by Crippen LogP contribution is 2.43. The molecule has 2 aromatic heterocycles. The molecule has 134 valence electrons. The van der Waals surface area contributed by atoms with Gasteiger partial charge in [-0.05, 0) is 31.5 Å². The molecule has 1 aliphatic heterocycles. The van der Waals surface area contributed by atoms with Crippen molar-refractivity contribution in [1.82, 2.24) is 15.0 Å². The maximum atomic E-state index is 13.3. The Labute approximate surface area is 147 Å². The maximum Gasteiger partial charge on any atom is 0.586 e. The Morgan fingerprint density at radius 1 is 1.15 bits per heavy atom. The summed E-state index contributed by atoms with van der Waals surface area (Å²) < 4.78 is 35.5. The van der Waals surface area contributed by atoms with Gasteiger partial charge in [0, 0.05) is 17.8 Å². The molecule has 26 heavy (non-hydrogen) atoms. The van der Waals surface area contributed by atoms with Gasteiger partial charge >= 0.3 is 6.29 Å². The number of hydrogen-bond acceptors (Lipinski definition) is 7. The van der Waals surface area contributed by atoms with E-state index in [9.17, 15) is 8.78 Å². The van der Waals surface area contributed by atoms with Crippen molar-refractivity contribution >= 4 is 22.8 Å². The van der Waals surface area contributed by atoms with E-state index in [1.807, 2.05) is 19.9 Å². The SMILES string of the molecule is Cc1cc(C)c2c(N)nc(NCc3cccc4c3OC(F)(F)O4)nc2n1. The van der Waals surface area contributed by atoms with E-state index < -0.39 is 6.29 Å². The maximum absolute atomic E-state index is 13.3. The number of benzene rings is 1. The minimum Gasteiger partial charge on any atom is -0.395 e. The Hall–Kier alpha value is -3.23. The number of para-hydroxylation sites is 1. The zero-order valence-corrected chi connectivity index (χ0v) is 14.0. The van der Waals surface area contributed by atoms with Crippen LogP contribution in [0.3, 0.4) is 0 Å². The molecule has 3 heterocycles. The van der Waals surface area contributed by atoms with Gasteiger partial charge in [-0.2, -0.15) is 9.97 Å². The number of nitrogens with one attached hydrogen (secondary N) is 1. The number of aromatic nitrogens is 3. The molecule has 0 saturated carbocycles. The van der Waals surface area contributed by atoms with Gasteiger partial charge in [0.25, 0.3) is 0 Å². The molecule has 4 rings (SSSR count). The molecule has 0 radical (unpaired) electrons. The highest BCUT2D eigenvalue weighted by Gasteiger charge is 2.44. The first-order valence-corrected chi connectivity index (χ1v) is 7.85. The minimum absolute atomic E-state index is 0.0106. The third kappa shape index (κ3) is 2.81. The van der Waals surface area contributed by atoms with E-state index in [1.54, 1.807) is 12.1 Å². The Morgan fingerprint density at radius 3 is 2.77 bits per heavy atom. The predicted molar refractivity (Wildman–Crippen MR) is 91.2 cm³/mol. The van der Waals surface area contributed by atoms with E-state index in [-0.39, 0.29) is 24.0 Å². The largest absolute Gasteiger partial charge is 0.586 e. The Balaban J connectivity index is 1.63. The molecule has 0 bridgehead atoms. The van der Waals surface area contributed by atoms with Crippen molar-refractivity contribution in [3.8, 4) is 11.5 Å². The van der Waals surface area contributed by atoms with Gasteiger partial charge in [0.2, 0.25) is 5.95 Å². The lowest BCUT2D eigenvalue weighted by Crippen LogP contribution is -2.26. The number of rotatable bonds is 3. The quantitative estimate of drug-likeness (QED) is 0.742. The number of alkyl halides is 2. The summed E-state index contributed by atoms with van der Waals surface area (Å²) in [6.45, 7) is 3.93. The molecule has 1 aromatic carbocycles. The number of hydrogen-bond donors (Lipinski definition) is 2. The van der Waals surface area contributed by atoms with E-state index in [1.165, 1.54) is 6.07 Å². The molecule has 3 aromatic rings. The van der Waals surface area contributed by atoms with Crippen LogP contribution in [0.1, 0.15) is 16.8 Å². The summed E-state index contributed by atoms with van der Waals surface area (Å²) in [5.41, 5.74) is 8.73. The van der Waals surface area contributed by atoms with Crippen LogP contribution in [0.25, 0.3) is 11.0 Å². The summed E-state index contributed by atoms with van der Waals surface area (Å²) in [6.07, 6.45) is -3.67. The lowest BCUT2D eigenvalue weighted by molar-refractivity contribution is -0.286. The monoisotopic (exact) mass is 359 g/mol. The number of nitrogens with two attached hydrogens (primary N) is 1. The van der Waals surface area contributed by atoms with Crippen LogP contribution in [0.2, 0.25) is 0 Å². The second-order valence-corrected chi connectivity index (χ2v) is 5.98. The van der Waals surface area contributed by atoms with E-state index in [4.69, 9.17) is 5.73 Å². The molecule has 0 unspecified atom stereocenters. The summed E-state index contributed by atoms with van der Waals surface area (Å²) in [7, 11) is 0. The van der Waals surface area contributed by atoms with Gasteiger partial charge < -0.3 is 20.5 Å². The number of nitrogen functional groups attached to an aromatic ring is 1. The fourth-order valence-electron chi connectivity index (χ4n) is 2.93. The van der Waals surface area contributed by atoms with Crippen LogP contribution in [0, 0.1) is 13.8 Å². The van der Waals surface area contributed by atoms with E-state index in [2.05, 4.69) is 29.7 Å². The average molecular weight is 359 g/mol. The van der Waals surface area contributed by atoms with Gasteiger partial charge in [0.1, 0.15) is 5.82 Å². The van der Waals surface area contributed by atoms with Crippen LogP contribution >= 0.6 is 0 Å². The number of pyridine rings is 1. The Kier molecular flexibility index (Phi) is 3.53. The topological polar surface area (TPSA) is 95.2 Å². The van der Waals surface area contributed by atoms with E-state index in [0.29, 0.717) is 22.4 Å². The molecule has 0 aliphatic carbocycles. The fraction of sp³-hybridized carbons (Fsp3) is 0.235. The van der Waals surface area contributed by atoms with Gasteiger partial charge in [0.15, 0.2) is 17.1 Å². The van der Waals surface area contributed by atoms with Crippen molar-refractivity contribution in [3.63, 3.8) is 0 Å². The molecule has 0 amide bonds. The summed E-state index contributed by atoms with van der Waals surface area (Å²) in [5.74, 6) is 0.521. The second-order valence-electron chi connectivity index (χ2n) is 5.98. The molecule has 7 nitrogen and oxygen atoms in total. The zero-order valence-electron chi connectivity index (χ0n) is 14.0. The first-order valence-electron chi connectivity index (χ1n) is 7.85. The molecule has 3 N–H and O–H groups in total. The van der Waals surface area contributed by atoms with Crippen LogP contribution in [-0.4, -0.2) is 21.2 Å². The average Bonchev–Trinajstić information content (AvgIpc) is 2.86. The standard InChI is InChI=1S/C17H15F2N5O2/c1-8-6-9(2)22-15-12(8)14(20)23-16(24-15)21-7-10-4-3-5-11-13(10)26-17(18,19)25-11/h3-6H,7H2,1-2H3,(H3,20,21,22,23,24). The van der Waals surface area contributed by atoms with Crippen molar-refractivity contribution in [1.29, 1.82) is 0 Å². The summed E-state index contributed by atoms with van der Waals surface area (Å²) in [5, 5.41) is 3.66. The predicted octanol–water partition coefficient (Wildman–Crippen LogP) is 3.16. The van der Waals surface area contributed by atoms with Crippen molar-refractivity contribution in [2.75, 3.05) is 11.1 Å². The molecule has 0 atom stereocenters. The Bertz CT molecular complexity index is 1030. The van der Waals surface area contributed by atoms with E-state index in [0.717, 1.165) is 11.3 Å². The molecular weight excluding hydrogens is 344 g/mol. The van der Waals surface area contributed by atoms with Crippen molar-refractivity contribution in [2.24, 2.45) is 0 Å². The van der Waals surface area contributed by atoms with Crippen molar-refractivity contribution in [3.05, 3.63) is 41.1 Å². The molecular formula is C17H15F2N5O2. The third-order valence-corrected chi connectivity index (χ3v) is 3.97. The molecule has 0 spiro atoms. The third-order valence-electron chi connectivity index (χ3n) is 3.97. The van der Waals surface area contributed by atoms with Crippen LogP contribution in [-0.2, 0) is 6.54 Å². The zero-order chi connectivity index (χ0) is 18.5.